The number of carbonyl (C=O) groups is 1. The van der Waals surface area contributed by atoms with Crippen molar-refractivity contribution in [2.45, 2.75) is 0 Å². The van der Waals surface area contributed by atoms with Crippen molar-refractivity contribution in [2.75, 3.05) is 5.75 Å². The monoisotopic (exact) mass is 132 g/mol. The van der Waals surface area contributed by atoms with Gasteiger partial charge in [-0.25, -0.2) is 4.79 Å². The first-order valence-electron chi connectivity index (χ1n) is 1.99. The van der Waals surface area contributed by atoms with Crippen LogP contribution in [0.25, 0.3) is 0 Å². The second-order valence-corrected chi connectivity index (χ2v) is 2.09. The first kappa shape index (κ1) is 5.43. The summed E-state index contributed by atoms with van der Waals surface area (Å²) in [6.07, 6.45) is 0.544. The molecule has 0 spiro atoms. The summed E-state index contributed by atoms with van der Waals surface area (Å²) in [6.45, 7) is 0. The van der Waals surface area contributed by atoms with Gasteiger partial charge in [-0.15, -0.1) is 4.41 Å². The molecule has 0 aromatic carbocycles. The number of nitrogens with zero attached hydrogens (tertiary/aromatic N) is 2. The molecule has 0 radical (unpaired) electrons. The van der Waals surface area contributed by atoms with Crippen LogP contribution in [0, 0.1) is 0 Å². The lowest BCUT2D eigenvalue weighted by Crippen LogP contribution is -2.12. The smallest absolute Gasteiger partial charge is 0.438 e. The van der Waals surface area contributed by atoms with E-state index in [2.05, 4.69) is 5.10 Å². The quantitative estimate of drug-likeness (QED) is 0.491. The molecule has 0 unspecified atom stereocenters. The molecule has 44 valence electrons. The molecule has 5 heteroatoms. The predicted molar refractivity (Wildman–Crippen MR) is 30.8 cm³/mol. The summed E-state index contributed by atoms with van der Waals surface area (Å²) < 4.78 is 0.931. The predicted octanol–water partition coefficient (Wildman–Crippen LogP) is 0.614. The highest BCUT2D eigenvalue weighted by Crippen LogP contribution is 2.13. The van der Waals surface area contributed by atoms with Crippen molar-refractivity contribution in [3.8, 4) is 0 Å². The van der Waals surface area contributed by atoms with Gasteiger partial charge < -0.3 is 5.11 Å². The summed E-state index contributed by atoms with van der Waals surface area (Å²) in [4.78, 5) is 9.99. The molecule has 1 amide bonds. The number of hydrazone groups is 1. The third-order valence-electron chi connectivity index (χ3n) is 0.622. The van der Waals surface area contributed by atoms with Crippen molar-refractivity contribution in [3.63, 3.8) is 0 Å². The summed E-state index contributed by atoms with van der Waals surface area (Å²) in [5, 5.41) is 11.7. The molecule has 0 bridgehead atoms. The van der Waals surface area contributed by atoms with Crippen molar-refractivity contribution < 1.29 is 9.90 Å². The molecule has 1 aliphatic rings. The number of hydrogen-bond acceptors (Lipinski definition) is 3. The molecule has 0 aromatic rings. The molecule has 1 heterocycles. The minimum atomic E-state index is -1.01. The topological polar surface area (TPSA) is 52.9 Å². The van der Waals surface area contributed by atoms with Gasteiger partial charge in [-0.2, -0.15) is 5.10 Å². The van der Waals surface area contributed by atoms with Gasteiger partial charge in [0.1, 0.15) is 0 Å². The van der Waals surface area contributed by atoms with E-state index in [1.54, 1.807) is 6.21 Å². The van der Waals surface area contributed by atoms with E-state index in [0.29, 0.717) is 5.75 Å². The van der Waals surface area contributed by atoms with Crippen LogP contribution in [0.15, 0.2) is 5.10 Å². The lowest BCUT2D eigenvalue weighted by Gasteiger charge is -2.01. The zero-order chi connectivity index (χ0) is 5.98. The van der Waals surface area contributed by atoms with Gasteiger partial charge in [0, 0.05) is 6.21 Å². The Bertz CT molecular complexity index is 135. The fourth-order valence-electron chi connectivity index (χ4n) is 0.349. The first-order valence-corrected chi connectivity index (χ1v) is 2.93. The highest BCUT2D eigenvalue weighted by Gasteiger charge is 2.13. The van der Waals surface area contributed by atoms with E-state index in [9.17, 15) is 4.79 Å². The molecule has 1 N–H and O–H groups in total. The molecule has 1 rings (SSSR count). The van der Waals surface area contributed by atoms with Gasteiger partial charge in [-0.3, -0.25) is 0 Å². The fourth-order valence-corrected chi connectivity index (χ4v) is 0.868. The van der Waals surface area contributed by atoms with E-state index in [1.165, 1.54) is 0 Å². The Kier molecular flexibility index (Phi) is 1.38. The van der Waals surface area contributed by atoms with Crippen LogP contribution in [0.1, 0.15) is 0 Å². The first-order chi connectivity index (χ1) is 3.80. The maximum atomic E-state index is 9.99. The molecular formula is C3H4N2O2S. The van der Waals surface area contributed by atoms with Gasteiger partial charge in [0.05, 0.1) is 5.75 Å². The molecule has 1 aliphatic heterocycles. The Morgan fingerprint density at radius 2 is 2.75 bits per heavy atom. The summed E-state index contributed by atoms with van der Waals surface area (Å²) >= 11 is 1.16. The number of rotatable bonds is 0. The average Bonchev–Trinajstić information content (AvgIpc) is 2.12. The summed E-state index contributed by atoms with van der Waals surface area (Å²) in [7, 11) is 0. The van der Waals surface area contributed by atoms with E-state index in [0.717, 1.165) is 16.4 Å². The van der Waals surface area contributed by atoms with Crippen molar-refractivity contribution in [2.24, 2.45) is 5.10 Å². The standard InChI is InChI=1S/C3H4N2O2S/c6-3(7)5-4-1-2-8-5/h1H,2H2,(H,6,7). The SMILES string of the molecule is O=C(O)N1N=CCS1. The van der Waals surface area contributed by atoms with E-state index in [1.807, 2.05) is 0 Å². The van der Waals surface area contributed by atoms with Gasteiger partial charge in [0.25, 0.3) is 0 Å². The Morgan fingerprint density at radius 1 is 2.00 bits per heavy atom. The largest absolute Gasteiger partial charge is 0.463 e. The lowest BCUT2D eigenvalue weighted by atomic mass is 10.9. The van der Waals surface area contributed by atoms with Crippen LogP contribution in [0.4, 0.5) is 4.79 Å². The third-order valence-corrected chi connectivity index (χ3v) is 1.41. The van der Waals surface area contributed by atoms with E-state index < -0.39 is 6.09 Å². The molecule has 4 nitrogen and oxygen atoms in total. The zero-order valence-electron chi connectivity index (χ0n) is 3.94. The molecule has 8 heavy (non-hydrogen) atoms. The van der Waals surface area contributed by atoms with Crippen LogP contribution >= 0.6 is 11.9 Å². The molecular weight excluding hydrogens is 128 g/mol. The van der Waals surface area contributed by atoms with Crippen LogP contribution < -0.4 is 0 Å². The van der Waals surface area contributed by atoms with Crippen LogP contribution in [0.3, 0.4) is 0 Å². The van der Waals surface area contributed by atoms with Gasteiger partial charge >= 0.3 is 6.09 Å². The Morgan fingerprint density at radius 3 is 3.00 bits per heavy atom. The van der Waals surface area contributed by atoms with Crippen molar-refractivity contribution in [1.29, 1.82) is 0 Å². The Balaban J connectivity index is 2.48. The van der Waals surface area contributed by atoms with Crippen molar-refractivity contribution >= 4 is 24.3 Å². The molecule has 0 aliphatic carbocycles. The van der Waals surface area contributed by atoms with Crippen LogP contribution in [0.2, 0.25) is 0 Å². The van der Waals surface area contributed by atoms with Gasteiger partial charge in [-0.05, 0) is 11.9 Å². The van der Waals surface area contributed by atoms with E-state index >= 15 is 0 Å². The highest BCUT2D eigenvalue weighted by atomic mass is 32.2. The van der Waals surface area contributed by atoms with E-state index in [4.69, 9.17) is 5.11 Å². The van der Waals surface area contributed by atoms with Gasteiger partial charge in [0.2, 0.25) is 0 Å². The Hall–Kier alpha value is -0.710. The Labute approximate surface area is 50.3 Å². The molecule has 0 saturated heterocycles. The second kappa shape index (κ2) is 2.04. The number of hydrogen-bond donors (Lipinski definition) is 1. The number of carboxylic acid groups (broad SMARTS) is 1. The molecule has 0 aromatic heterocycles. The normalized spacial score (nSPS) is 17.2. The maximum absolute atomic E-state index is 9.99. The van der Waals surface area contributed by atoms with Crippen molar-refractivity contribution in [3.05, 3.63) is 0 Å². The van der Waals surface area contributed by atoms with Crippen molar-refractivity contribution in [1.82, 2.24) is 4.41 Å². The number of amides is 1. The average molecular weight is 132 g/mol. The summed E-state index contributed by atoms with van der Waals surface area (Å²) in [5.41, 5.74) is 0. The second-order valence-electron chi connectivity index (χ2n) is 1.15. The zero-order valence-corrected chi connectivity index (χ0v) is 4.76. The van der Waals surface area contributed by atoms with Gasteiger partial charge in [0.15, 0.2) is 0 Å². The maximum Gasteiger partial charge on any atom is 0.438 e. The molecule has 0 fully saturated rings. The highest BCUT2D eigenvalue weighted by molar-refractivity contribution is 7.98. The van der Waals surface area contributed by atoms with Crippen LogP contribution in [0.5, 0.6) is 0 Å². The molecule has 0 atom stereocenters. The summed E-state index contributed by atoms with van der Waals surface area (Å²) in [6, 6.07) is 0. The molecule has 0 saturated carbocycles. The van der Waals surface area contributed by atoms with E-state index in [-0.39, 0.29) is 0 Å². The third kappa shape index (κ3) is 0.919. The van der Waals surface area contributed by atoms with Crippen LogP contribution in [-0.2, 0) is 0 Å². The lowest BCUT2D eigenvalue weighted by molar-refractivity contribution is 0.177. The fraction of sp³-hybridized carbons (Fsp3) is 0.333. The van der Waals surface area contributed by atoms with Crippen LogP contribution in [-0.4, -0.2) is 27.6 Å². The van der Waals surface area contributed by atoms with Gasteiger partial charge in [-0.1, -0.05) is 0 Å². The summed E-state index contributed by atoms with van der Waals surface area (Å²) in [5.74, 6) is 0.659. The minimum absolute atomic E-state index is 0.659. The minimum Gasteiger partial charge on any atom is -0.463 e.